The van der Waals surface area contributed by atoms with Crippen LogP contribution in [0.15, 0.2) is 18.2 Å². The second kappa shape index (κ2) is 7.95. The van der Waals surface area contributed by atoms with Crippen LogP contribution in [0.1, 0.15) is 75.6 Å². The zero-order valence-electron chi connectivity index (χ0n) is 20.1. The van der Waals surface area contributed by atoms with Crippen molar-refractivity contribution in [1.82, 2.24) is 10.2 Å². The highest BCUT2D eigenvalue weighted by Crippen LogP contribution is 2.66. The first-order chi connectivity index (χ1) is 16.0. The highest BCUT2D eigenvalue weighted by Gasteiger charge is 2.60. The lowest BCUT2D eigenvalue weighted by molar-refractivity contribution is -0.123. The maximum atomic E-state index is 14.9. The van der Waals surface area contributed by atoms with Gasteiger partial charge in [-0.1, -0.05) is 13.8 Å². The van der Waals surface area contributed by atoms with Gasteiger partial charge in [-0.15, -0.1) is 0 Å². The average Bonchev–Trinajstić information content (AvgIpc) is 2.71. The number of rotatable bonds is 4. The number of likely N-dealkylation sites (tertiary alicyclic amines) is 1. The molecule has 4 amide bonds. The highest BCUT2D eigenvalue weighted by atomic mass is 19.1. The minimum atomic E-state index is -0.658. The molecule has 7 nitrogen and oxygen atoms in total. The Labute approximate surface area is 200 Å². The first-order valence-electron chi connectivity index (χ1n) is 12.4. The summed E-state index contributed by atoms with van der Waals surface area (Å²) in [5.41, 5.74) is 5.92. The van der Waals surface area contributed by atoms with E-state index in [1.807, 2.05) is 0 Å². The molecule has 4 saturated carbocycles. The Kier molecular flexibility index (Phi) is 5.41. The average molecular weight is 471 g/mol. The summed E-state index contributed by atoms with van der Waals surface area (Å²) in [4.78, 5) is 38.8. The van der Waals surface area contributed by atoms with Crippen LogP contribution in [0.4, 0.5) is 14.9 Å². The number of halogens is 1. The summed E-state index contributed by atoms with van der Waals surface area (Å²) in [5.74, 6) is -1.15. The van der Waals surface area contributed by atoms with Crippen molar-refractivity contribution in [2.45, 2.75) is 70.8 Å². The molecule has 6 rings (SSSR count). The molecule has 5 atom stereocenters. The van der Waals surface area contributed by atoms with Gasteiger partial charge >= 0.3 is 6.03 Å². The third kappa shape index (κ3) is 4.27. The van der Waals surface area contributed by atoms with Crippen molar-refractivity contribution in [3.8, 4) is 0 Å². The first kappa shape index (κ1) is 23.1. The van der Waals surface area contributed by atoms with Crippen LogP contribution in [0, 0.1) is 28.5 Å². The number of carbonyl (C=O) groups excluding carboxylic acids is 3. The molecule has 4 N–H and O–H groups in total. The lowest BCUT2D eigenvalue weighted by Crippen LogP contribution is -2.65. The van der Waals surface area contributed by atoms with Gasteiger partial charge < -0.3 is 21.3 Å². The van der Waals surface area contributed by atoms with Crippen LogP contribution in [-0.4, -0.2) is 41.4 Å². The van der Waals surface area contributed by atoms with Crippen LogP contribution < -0.4 is 16.4 Å². The van der Waals surface area contributed by atoms with Crippen LogP contribution in [0.2, 0.25) is 0 Å². The van der Waals surface area contributed by atoms with E-state index in [-0.39, 0.29) is 46.0 Å². The van der Waals surface area contributed by atoms with E-state index in [2.05, 4.69) is 24.5 Å². The predicted molar refractivity (Wildman–Crippen MR) is 127 cm³/mol. The van der Waals surface area contributed by atoms with Crippen molar-refractivity contribution in [2.75, 3.05) is 18.4 Å². The summed E-state index contributed by atoms with van der Waals surface area (Å²) in [6.45, 7) is 5.44. The van der Waals surface area contributed by atoms with Gasteiger partial charge in [0.25, 0.3) is 5.91 Å². The molecule has 2 unspecified atom stereocenters. The SMILES string of the molecule is C[C@]12CC3CC(NC(=O)Nc4ccc(C(=O)N5CCC[C@H](C(N)=O)C5)cc4F)(C1)C[C@@](C)(C3)C2. The smallest absolute Gasteiger partial charge is 0.319 e. The molecule has 34 heavy (non-hydrogen) atoms. The minimum Gasteiger partial charge on any atom is -0.369 e. The second-order valence-corrected chi connectivity index (χ2v) is 12.2. The fourth-order valence-electron chi connectivity index (χ4n) is 8.31. The fourth-order valence-corrected chi connectivity index (χ4v) is 8.31. The number of nitrogens with zero attached hydrogens (tertiary/aromatic N) is 1. The molecule has 1 heterocycles. The number of benzene rings is 1. The van der Waals surface area contributed by atoms with Crippen molar-refractivity contribution in [3.63, 3.8) is 0 Å². The van der Waals surface area contributed by atoms with Gasteiger partial charge in [0.1, 0.15) is 5.82 Å². The normalized spacial score (nSPS) is 36.3. The topological polar surface area (TPSA) is 105 Å². The van der Waals surface area contributed by atoms with E-state index < -0.39 is 17.8 Å². The lowest BCUT2D eigenvalue weighted by atomic mass is 9.43. The zero-order chi connectivity index (χ0) is 24.3. The number of amides is 4. The predicted octanol–water partition coefficient (Wildman–Crippen LogP) is 4.03. The zero-order valence-corrected chi connectivity index (χ0v) is 20.1. The molecule has 0 aromatic heterocycles. The van der Waals surface area contributed by atoms with Crippen molar-refractivity contribution in [3.05, 3.63) is 29.6 Å². The molecule has 0 radical (unpaired) electrons. The number of urea groups is 1. The van der Waals surface area contributed by atoms with E-state index >= 15 is 0 Å². The second-order valence-electron chi connectivity index (χ2n) is 12.2. The van der Waals surface area contributed by atoms with Crippen LogP contribution >= 0.6 is 0 Å². The van der Waals surface area contributed by atoms with E-state index in [1.165, 1.54) is 31.4 Å². The van der Waals surface area contributed by atoms with Crippen molar-refractivity contribution in [2.24, 2.45) is 28.4 Å². The Balaban J connectivity index is 1.25. The van der Waals surface area contributed by atoms with Gasteiger partial charge in [0.05, 0.1) is 11.6 Å². The van der Waals surface area contributed by atoms with Crippen LogP contribution in [0.5, 0.6) is 0 Å². The molecule has 1 saturated heterocycles. The summed E-state index contributed by atoms with van der Waals surface area (Å²) in [6.07, 6.45) is 7.94. The Morgan fingerprint density at radius 2 is 1.79 bits per heavy atom. The molecule has 4 bridgehead atoms. The standard InChI is InChI=1S/C26H35FN4O3/c1-24-9-16-10-25(2,13-24)15-26(11-16,14-24)30-23(34)29-20-6-5-17(8-19(20)27)22(33)31-7-3-4-18(12-31)21(28)32/h5-6,8,16,18H,3-4,7,9-15H2,1-2H3,(H2,28,32)(H2,29,30,34)/t16?,18-,24-,25+,26?/m0/s1. The van der Waals surface area contributed by atoms with Gasteiger partial charge in [-0.25, -0.2) is 9.18 Å². The Morgan fingerprint density at radius 1 is 1.09 bits per heavy atom. The number of anilines is 1. The summed E-state index contributed by atoms with van der Waals surface area (Å²) >= 11 is 0. The molecule has 8 heteroatoms. The Morgan fingerprint density at radius 3 is 2.41 bits per heavy atom. The number of hydrogen-bond acceptors (Lipinski definition) is 3. The maximum absolute atomic E-state index is 14.9. The molecule has 4 aliphatic carbocycles. The van der Waals surface area contributed by atoms with E-state index in [9.17, 15) is 18.8 Å². The summed E-state index contributed by atoms with van der Waals surface area (Å²) in [6, 6.07) is 3.70. The molecule has 5 aliphatic rings. The number of carbonyl (C=O) groups is 3. The van der Waals surface area contributed by atoms with Gasteiger partial charge in [0, 0.05) is 24.2 Å². The summed E-state index contributed by atoms with van der Waals surface area (Å²) < 4.78 is 14.9. The van der Waals surface area contributed by atoms with Crippen LogP contribution in [0.3, 0.4) is 0 Å². The molecular weight excluding hydrogens is 435 g/mol. The van der Waals surface area contributed by atoms with Gasteiger partial charge in [-0.05, 0) is 86.3 Å². The number of nitrogens with two attached hydrogens (primary N) is 1. The van der Waals surface area contributed by atoms with E-state index in [4.69, 9.17) is 5.73 Å². The van der Waals surface area contributed by atoms with E-state index in [1.54, 1.807) is 4.90 Å². The molecule has 1 aromatic rings. The number of hydrogen-bond donors (Lipinski definition) is 3. The monoisotopic (exact) mass is 470 g/mol. The quantitative estimate of drug-likeness (QED) is 0.619. The first-order valence-corrected chi connectivity index (χ1v) is 12.4. The third-order valence-electron chi connectivity index (χ3n) is 8.58. The number of nitrogens with one attached hydrogen (secondary N) is 2. The molecule has 1 aliphatic heterocycles. The van der Waals surface area contributed by atoms with Crippen LogP contribution in [0.25, 0.3) is 0 Å². The summed E-state index contributed by atoms with van der Waals surface area (Å²) in [7, 11) is 0. The highest BCUT2D eigenvalue weighted by molar-refractivity contribution is 5.96. The molecular formula is C26H35FN4O3. The van der Waals surface area contributed by atoms with Gasteiger partial charge in [-0.3, -0.25) is 9.59 Å². The molecule has 5 fully saturated rings. The van der Waals surface area contributed by atoms with Gasteiger partial charge in [0.2, 0.25) is 5.91 Å². The van der Waals surface area contributed by atoms with Crippen molar-refractivity contribution in [1.29, 1.82) is 0 Å². The minimum absolute atomic E-state index is 0.0462. The van der Waals surface area contributed by atoms with E-state index in [0.717, 1.165) is 25.3 Å². The largest absolute Gasteiger partial charge is 0.369 e. The van der Waals surface area contributed by atoms with E-state index in [0.29, 0.717) is 25.3 Å². The fraction of sp³-hybridized carbons (Fsp3) is 0.654. The number of primary amides is 1. The van der Waals surface area contributed by atoms with Gasteiger partial charge in [-0.2, -0.15) is 0 Å². The molecule has 184 valence electrons. The summed E-state index contributed by atoms with van der Waals surface area (Å²) in [5, 5.41) is 5.89. The molecule has 1 aromatic carbocycles. The maximum Gasteiger partial charge on any atom is 0.319 e. The van der Waals surface area contributed by atoms with Crippen LogP contribution in [-0.2, 0) is 4.79 Å². The molecule has 0 spiro atoms. The van der Waals surface area contributed by atoms with Gasteiger partial charge in [0.15, 0.2) is 0 Å². The Bertz CT molecular complexity index is 1020. The van der Waals surface area contributed by atoms with Crippen molar-refractivity contribution >= 4 is 23.5 Å². The van der Waals surface area contributed by atoms with Crippen molar-refractivity contribution < 1.29 is 18.8 Å². The lowest BCUT2D eigenvalue weighted by Gasteiger charge is -2.65. The Hall–Kier alpha value is -2.64. The third-order valence-corrected chi connectivity index (χ3v) is 8.58. The number of piperidine rings is 1.